The number of hydrogen-bond acceptors (Lipinski definition) is 3. The van der Waals surface area contributed by atoms with Crippen molar-refractivity contribution in [1.29, 1.82) is 0 Å². The highest BCUT2D eigenvalue weighted by Gasteiger charge is 2.15. The number of aryl methyl sites for hydroxylation is 1. The molecule has 5 heteroatoms. The minimum absolute atomic E-state index is 0.591. The molecule has 0 radical (unpaired) electrons. The van der Waals surface area contributed by atoms with Gasteiger partial charge in [0.15, 0.2) is 5.65 Å². The van der Waals surface area contributed by atoms with Crippen molar-refractivity contribution in [3.63, 3.8) is 0 Å². The zero-order chi connectivity index (χ0) is 12.7. The number of nitrogens with zero attached hydrogens (tertiary/aromatic N) is 3. The molecular weight excluding hydrogens is 248 g/mol. The highest BCUT2D eigenvalue weighted by molar-refractivity contribution is 6.33. The largest absolute Gasteiger partial charge is 0.398 e. The summed E-state index contributed by atoms with van der Waals surface area (Å²) in [5, 5.41) is 0.591. The van der Waals surface area contributed by atoms with Crippen molar-refractivity contribution in [1.82, 2.24) is 14.5 Å². The molecule has 1 aromatic carbocycles. The first kappa shape index (κ1) is 11.0. The van der Waals surface area contributed by atoms with E-state index in [1.807, 2.05) is 35.9 Å². The molecule has 0 bridgehead atoms. The zero-order valence-corrected chi connectivity index (χ0v) is 10.5. The molecular formula is C13H11ClN4. The number of fused-ring (bicyclic) bond motifs is 1. The molecule has 0 saturated carbocycles. The van der Waals surface area contributed by atoms with E-state index < -0.39 is 0 Å². The van der Waals surface area contributed by atoms with Crippen LogP contribution in [0.15, 0.2) is 36.5 Å². The van der Waals surface area contributed by atoms with Crippen LogP contribution in [0, 0.1) is 0 Å². The summed E-state index contributed by atoms with van der Waals surface area (Å²) in [7, 11) is 1.93. The van der Waals surface area contributed by atoms with Crippen LogP contribution >= 0.6 is 11.6 Å². The molecule has 3 aromatic rings. The number of halogens is 1. The van der Waals surface area contributed by atoms with Gasteiger partial charge in [0.25, 0.3) is 0 Å². The summed E-state index contributed by atoms with van der Waals surface area (Å²) in [6, 6.07) is 9.28. The maximum absolute atomic E-state index is 6.21. The number of imidazole rings is 1. The molecule has 0 spiro atoms. The third-order valence-corrected chi connectivity index (χ3v) is 3.24. The summed E-state index contributed by atoms with van der Waals surface area (Å²) >= 11 is 6.21. The van der Waals surface area contributed by atoms with Crippen LogP contribution in [0.3, 0.4) is 0 Å². The van der Waals surface area contributed by atoms with Gasteiger partial charge in [-0.3, -0.25) is 0 Å². The quantitative estimate of drug-likeness (QED) is 0.683. The minimum Gasteiger partial charge on any atom is -0.398 e. The molecule has 2 heterocycles. The first-order valence-corrected chi connectivity index (χ1v) is 5.88. The number of rotatable bonds is 1. The number of pyridine rings is 1. The third kappa shape index (κ3) is 1.54. The number of anilines is 1. The maximum Gasteiger partial charge on any atom is 0.178 e. The molecule has 0 fully saturated rings. The lowest BCUT2D eigenvalue weighted by Crippen LogP contribution is -1.97. The van der Waals surface area contributed by atoms with Crippen molar-refractivity contribution in [2.45, 2.75) is 0 Å². The van der Waals surface area contributed by atoms with Gasteiger partial charge < -0.3 is 10.3 Å². The number of aromatic nitrogens is 3. The summed E-state index contributed by atoms with van der Waals surface area (Å²) in [4.78, 5) is 8.72. The Morgan fingerprint density at radius 2 is 2.06 bits per heavy atom. The molecule has 0 aliphatic rings. The molecule has 18 heavy (non-hydrogen) atoms. The van der Waals surface area contributed by atoms with E-state index in [-0.39, 0.29) is 0 Å². The first-order valence-electron chi connectivity index (χ1n) is 5.50. The fourth-order valence-corrected chi connectivity index (χ4v) is 2.29. The molecule has 3 rings (SSSR count). The van der Waals surface area contributed by atoms with Crippen LogP contribution in [0.4, 0.5) is 5.69 Å². The molecule has 0 unspecified atom stereocenters. The van der Waals surface area contributed by atoms with Gasteiger partial charge in [0.1, 0.15) is 5.82 Å². The van der Waals surface area contributed by atoms with Crippen LogP contribution in [0.5, 0.6) is 0 Å². The van der Waals surface area contributed by atoms with Gasteiger partial charge in [0.05, 0.1) is 16.1 Å². The second-order valence-corrected chi connectivity index (χ2v) is 4.45. The predicted molar refractivity (Wildman–Crippen MR) is 73.4 cm³/mol. The SMILES string of the molecule is Cn1c(-c2c(N)cccc2Cl)nc2ncccc21. The summed E-state index contributed by atoms with van der Waals surface area (Å²) in [5.41, 5.74) is 8.99. The molecule has 2 aromatic heterocycles. The average Bonchev–Trinajstić information content (AvgIpc) is 2.68. The topological polar surface area (TPSA) is 56.7 Å². The van der Waals surface area contributed by atoms with E-state index in [0.717, 1.165) is 16.9 Å². The van der Waals surface area contributed by atoms with Crippen molar-refractivity contribution in [2.24, 2.45) is 7.05 Å². The molecule has 90 valence electrons. The minimum atomic E-state index is 0.591. The first-order chi connectivity index (χ1) is 8.68. The van der Waals surface area contributed by atoms with Crippen molar-refractivity contribution >= 4 is 28.5 Å². The average molecular weight is 259 g/mol. The van der Waals surface area contributed by atoms with Gasteiger partial charge >= 0.3 is 0 Å². The normalized spacial score (nSPS) is 11.0. The Morgan fingerprint density at radius 1 is 1.22 bits per heavy atom. The number of nitrogens with two attached hydrogens (primary N) is 1. The van der Waals surface area contributed by atoms with Gasteiger partial charge in [-0.15, -0.1) is 0 Å². The Morgan fingerprint density at radius 3 is 2.78 bits per heavy atom. The molecule has 0 saturated heterocycles. The molecule has 0 amide bonds. The lowest BCUT2D eigenvalue weighted by atomic mass is 10.1. The van der Waals surface area contributed by atoms with Gasteiger partial charge in [0.2, 0.25) is 0 Å². The van der Waals surface area contributed by atoms with Crippen molar-refractivity contribution < 1.29 is 0 Å². The smallest absolute Gasteiger partial charge is 0.178 e. The van der Waals surface area contributed by atoms with E-state index in [9.17, 15) is 0 Å². The van der Waals surface area contributed by atoms with Gasteiger partial charge in [-0.2, -0.15) is 0 Å². The number of hydrogen-bond donors (Lipinski definition) is 1. The Hall–Kier alpha value is -2.07. The standard InChI is InChI=1S/C13H11ClN4/c1-18-10-6-3-7-16-12(10)17-13(18)11-8(14)4-2-5-9(11)15/h2-7H,15H2,1H3. The van der Waals surface area contributed by atoms with E-state index in [4.69, 9.17) is 17.3 Å². The Kier molecular flexibility index (Phi) is 2.45. The van der Waals surface area contributed by atoms with Crippen molar-refractivity contribution in [2.75, 3.05) is 5.73 Å². The Bertz CT molecular complexity index is 713. The fourth-order valence-electron chi connectivity index (χ4n) is 2.03. The molecule has 0 aliphatic carbocycles. The monoisotopic (exact) mass is 258 g/mol. The summed E-state index contributed by atoms with van der Waals surface area (Å²) in [6.45, 7) is 0. The molecule has 0 atom stereocenters. The maximum atomic E-state index is 6.21. The summed E-state index contributed by atoms with van der Waals surface area (Å²) in [5.74, 6) is 0.729. The van der Waals surface area contributed by atoms with Crippen molar-refractivity contribution in [3.8, 4) is 11.4 Å². The van der Waals surface area contributed by atoms with Gasteiger partial charge in [0, 0.05) is 18.9 Å². The molecule has 2 N–H and O–H groups in total. The van der Waals surface area contributed by atoms with E-state index in [0.29, 0.717) is 16.4 Å². The third-order valence-electron chi connectivity index (χ3n) is 2.93. The van der Waals surface area contributed by atoms with E-state index in [1.165, 1.54) is 0 Å². The van der Waals surface area contributed by atoms with Crippen LogP contribution in [0.25, 0.3) is 22.6 Å². The second kappa shape index (κ2) is 3.99. The van der Waals surface area contributed by atoms with Crippen LogP contribution in [-0.4, -0.2) is 14.5 Å². The Labute approximate surface area is 109 Å². The molecule has 4 nitrogen and oxygen atoms in total. The predicted octanol–water partition coefficient (Wildman–Crippen LogP) is 2.87. The van der Waals surface area contributed by atoms with Crippen LogP contribution in [0.2, 0.25) is 5.02 Å². The Balaban J connectivity index is 2.36. The number of benzene rings is 1. The highest BCUT2D eigenvalue weighted by atomic mass is 35.5. The van der Waals surface area contributed by atoms with Crippen LogP contribution in [-0.2, 0) is 7.05 Å². The highest BCUT2D eigenvalue weighted by Crippen LogP contribution is 2.33. The van der Waals surface area contributed by atoms with Gasteiger partial charge in [-0.25, -0.2) is 9.97 Å². The summed E-state index contributed by atoms with van der Waals surface area (Å²) < 4.78 is 1.94. The fraction of sp³-hybridized carbons (Fsp3) is 0.0769. The lowest BCUT2D eigenvalue weighted by Gasteiger charge is -2.07. The van der Waals surface area contributed by atoms with Gasteiger partial charge in [-0.05, 0) is 24.3 Å². The number of nitrogen functional groups attached to an aromatic ring is 1. The summed E-state index contributed by atoms with van der Waals surface area (Å²) in [6.07, 6.45) is 1.72. The lowest BCUT2D eigenvalue weighted by molar-refractivity contribution is 0.960. The van der Waals surface area contributed by atoms with Crippen LogP contribution in [0.1, 0.15) is 0 Å². The van der Waals surface area contributed by atoms with Crippen molar-refractivity contribution in [3.05, 3.63) is 41.6 Å². The van der Waals surface area contributed by atoms with Crippen LogP contribution < -0.4 is 5.73 Å². The zero-order valence-electron chi connectivity index (χ0n) is 9.76. The van der Waals surface area contributed by atoms with E-state index in [2.05, 4.69) is 9.97 Å². The van der Waals surface area contributed by atoms with Gasteiger partial charge in [-0.1, -0.05) is 17.7 Å². The van der Waals surface area contributed by atoms with E-state index in [1.54, 1.807) is 12.3 Å². The van der Waals surface area contributed by atoms with E-state index >= 15 is 0 Å². The second-order valence-electron chi connectivity index (χ2n) is 4.04. The molecule has 0 aliphatic heterocycles.